The van der Waals surface area contributed by atoms with Crippen molar-refractivity contribution >= 4 is 46.3 Å². The van der Waals surface area contributed by atoms with E-state index in [-0.39, 0.29) is 18.4 Å². The van der Waals surface area contributed by atoms with Gasteiger partial charge in [0, 0.05) is 15.8 Å². The minimum absolute atomic E-state index is 0.0740. The van der Waals surface area contributed by atoms with Gasteiger partial charge in [-0.05, 0) is 41.5 Å². The zero-order valence-corrected chi connectivity index (χ0v) is 15.5. The number of hydrazone groups is 1. The molecule has 3 aromatic carbocycles. The molecule has 0 atom stereocenters. The third-order valence-corrected chi connectivity index (χ3v) is 5.21. The smallest absolute Gasteiger partial charge is 0.260 e. The zero-order valence-electron chi connectivity index (χ0n) is 14.7. The molecular weight excluding hydrogens is 358 g/mol. The number of carbonyl (C=O) groups excluding carboxylic acids is 2. The summed E-state index contributed by atoms with van der Waals surface area (Å²) in [5, 5.41) is 5.88. The van der Waals surface area contributed by atoms with Crippen molar-refractivity contribution in [3.8, 4) is 0 Å². The predicted molar refractivity (Wildman–Crippen MR) is 110 cm³/mol. The van der Waals surface area contributed by atoms with Crippen molar-refractivity contribution in [3.05, 3.63) is 71.8 Å². The van der Waals surface area contributed by atoms with Gasteiger partial charge in [-0.3, -0.25) is 14.5 Å². The number of nitrogens with zero attached hydrogens (tertiary/aromatic N) is 2. The van der Waals surface area contributed by atoms with Crippen LogP contribution in [0.3, 0.4) is 0 Å². The number of nitrogens with one attached hydrogen (secondary N) is 1. The van der Waals surface area contributed by atoms with Crippen LogP contribution in [0, 0.1) is 0 Å². The minimum Gasteiger partial charge on any atom is -0.298 e. The van der Waals surface area contributed by atoms with E-state index in [2.05, 4.69) is 10.5 Å². The van der Waals surface area contributed by atoms with Crippen LogP contribution in [-0.2, 0) is 4.79 Å². The zero-order chi connectivity index (χ0) is 18.8. The molecule has 0 spiro atoms. The van der Waals surface area contributed by atoms with E-state index >= 15 is 0 Å². The van der Waals surface area contributed by atoms with Gasteiger partial charge < -0.3 is 0 Å². The van der Waals surface area contributed by atoms with E-state index in [0.717, 1.165) is 26.9 Å². The molecule has 0 radical (unpaired) electrons. The Balaban J connectivity index is 1.45. The first-order chi connectivity index (χ1) is 13.2. The van der Waals surface area contributed by atoms with Gasteiger partial charge in [0.15, 0.2) is 0 Å². The quantitative estimate of drug-likeness (QED) is 0.420. The van der Waals surface area contributed by atoms with Crippen LogP contribution in [0.2, 0.25) is 0 Å². The SMILES string of the molecule is CSc1ccc(/C=N/NC(=O)CN2C(=O)c3cccc4cccc2c34)cc1. The van der Waals surface area contributed by atoms with Crippen LogP contribution in [-0.4, -0.2) is 30.8 Å². The van der Waals surface area contributed by atoms with Gasteiger partial charge in [-0.25, -0.2) is 5.43 Å². The third kappa shape index (κ3) is 3.31. The predicted octanol–water partition coefficient (Wildman–Crippen LogP) is 3.67. The first kappa shape index (κ1) is 17.3. The van der Waals surface area contributed by atoms with Crippen molar-refractivity contribution in [3.63, 3.8) is 0 Å². The van der Waals surface area contributed by atoms with Crippen LogP contribution in [0.1, 0.15) is 15.9 Å². The average molecular weight is 375 g/mol. The van der Waals surface area contributed by atoms with Crippen molar-refractivity contribution in [2.75, 3.05) is 17.7 Å². The summed E-state index contributed by atoms with van der Waals surface area (Å²) in [5.74, 6) is -0.501. The number of hydrogen-bond acceptors (Lipinski definition) is 4. The molecule has 1 aliphatic heterocycles. The second-order valence-corrected chi connectivity index (χ2v) is 7.02. The lowest BCUT2D eigenvalue weighted by Crippen LogP contribution is -2.37. The molecule has 0 fully saturated rings. The molecular formula is C21H17N3O2S. The van der Waals surface area contributed by atoms with Crippen molar-refractivity contribution in [1.29, 1.82) is 0 Å². The van der Waals surface area contributed by atoms with Crippen LogP contribution in [0.25, 0.3) is 10.8 Å². The molecule has 2 amide bonds. The molecule has 4 rings (SSSR count). The average Bonchev–Trinajstić information content (AvgIpc) is 2.97. The molecule has 1 N–H and O–H groups in total. The number of hydrogen-bond donors (Lipinski definition) is 1. The number of thioether (sulfide) groups is 1. The lowest BCUT2D eigenvalue weighted by atomic mass is 10.1. The van der Waals surface area contributed by atoms with Gasteiger partial charge >= 0.3 is 0 Å². The summed E-state index contributed by atoms with van der Waals surface area (Å²) in [6.07, 6.45) is 3.60. The lowest BCUT2D eigenvalue weighted by molar-refractivity contribution is -0.119. The van der Waals surface area contributed by atoms with E-state index in [0.29, 0.717) is 5.56 Å². The second kappa shape index (κ2) is 7.25. The van der Waals surface area contributed by atoms with Crippen LogP contribution in [0.15, 0.2) is 70.7 Å². The molecule has 1 heterocycles. The van der Waals surface area contributed by atoms with E-state index < -0.39 is 0 Å². The molecule has 6 heteroatoms. The fraction of sp³-hybridized carbons (Fsp3) is 0.0952. The summed E-state index contributed by atoms with van der Waals surface area (Å²) in [7, 11) is 0. The van der Waals surface area contributed by atoms with E-state index in [1.54, 1.807) is 24.0 Å². The van der Waals surface area contributed by atoms with E-state index in [1.165, 1.54) is 4.90 Å². The van der Waals surface area contributed by atoms with Gasteiger partial charge in [0.2, 0.25) is 0 Å². The minimum atomic E-state index is -0.342. The van der Waals surface area contributed by atoms with E-state index in [1.807, 2.05) is 60.9 Å². The number of benzene rings is 3. The third-order valence-electron chi connectivity index (χ3n) is 4.47. The largest absolute Gasteiger partial charge is 0.298 e. The summed E-state index contributed by atoms with van der Waals surface area (Å²) in [5.41, 5.74) is 4.79. The Kier molecular flexibility index (Phi) is 4.64. The Hall–Kier alpha value is -3.12. The van der Waals surface area contributed by atoms with Gasteiger partial charge in [0.25, 0.3) is 11.8 Å². The molecule has 27 heavy (non-hydrogen) atoms. The molecule has 0 bridgehead atoms. The number of carbonyl (C=O) groups is 2. The summed E-state index contributed by atoms with van der Waals surface area (Å²) in [4.78, 5) is 27.6. The number of rotatable bonds is 5. The van der Waals surface area contributed by atoms with Crippen LogP contribution in [0.5, 0.6) is 0 Å². The maximum absolute atomic E-state index is 12.7. The van der Waals surface area contributed by atoms with Gasteiger partial charge in [0.05, 0.1) is 11.9 Å². The topological polar surface area (TPSA) is 61.8 Å². The van der Waals surface area contributed by atoms with Crippen molar-refractivity contribution < 1.29 is 9.59 Å². The molecule has 0 saturated carbocycles. The maximum atomic E-state index is 12.7. The van der Waals surface area contributed by atoms with Gasteiger partial charge in [0.1, 0.15) is 6.54 Å². The summed E-state index contributed by atoms with van der Waals surface area (Å²) in [6, 6.07) is 19.2. The molecule has 1 aliphatic rings. The lowest BCUT2D eigenvalue weighted by Gasteiger charge is -2.16. The normalized spacial score (nSPS) is 12.9. The van der Waals surface area contributed by atoms with Gasteiger partial charge in [-0.15, -0.1) is 11.8 Å². The van der Waals surface area contributed by atoms with Crippen LogP contribution < -0.4 is 10.3 Å². The monoisotopic (exact) mass is 375 g/mol. The van der Waals surface area contributed by atoms with Gasteiger partial charge in [-0.1, -0.05) is 36.4 Å². The van der Waals surface area contributed by atoms with Crippen LogP contribution >= 0.6 is 11.8 Å². The summed E-state index contributed by atoms with van der Waals surface area (Å²) < 4.78 is 0. The second-order valence-electron chi connectivity index (χ2n) is 6.14. The number of anilines is 1. The molecule has 5 nitrogen and oxygen atoms in total. The Bertz CT molecular complexity index is 1060. The molecule has 0 unspecified atom stereocenters. The highest BCUT2D eigenvalue weighted by atomic mass is 32.2. The molecule has 3 aromatic rings. The summed E-state index contributed by atoms with van der Waals surface area (Å²) in [6.45, 7) is -0.0740. The summed E-state index contributed by atoms with van der Waals surface area (Å²) >= 11 is 1.67. The fourth-order valence-electron chi connectivity index (χ4n) is 3.18. The first-order valence-corrected chi connectivity index (χ1v) is 9.69. The van der Waals surface area contributed by atoms with Crippen molar-refractivity contribution in [2.24, 2.45) is 5.10 Å². The van der Waals surface area contributed by atoms with E-state index in [9.17, 15) is 9.59 Å². The highest BCUT2D eigenvalue weighted by molar-refractivity contribution is 7.98. The maximum Gasteiger partial charge on any atom is 0.260 e. The van der Waals surface area contributed by atoms with Crippen molar-refractivity contribution in [2.45, 2.75) is 4.90 Å². The highest BCUT2D eigenvalue weighted by Crippen LogP contribution is 2.36. The van der Waals surface area contributed by atoms with E-state index in [4.69, 9.17) is 0 Å². The molecule has 134 valence electrons. The Labute approximate surface area is 161 Å². The molecule has 0 aromatic heterocycles. The molecule has 0 saturated heterocycles. The van der Waals surface area contributed by atoms with Crippen LogP contribution in [0.4, 0.5) is 5.69 Å². The Morgan fingerprint density at radius 3 is 2.59 bits per heavy atom. The highest BCUT2D eigenvalue weighted by Gasteiger charge is 2.30. The number of amides is 2. The Morgan fingerprint density at radius 1 is 1.11 bits per heavy atom. The first-order valence-electron chi connectivity index (χ1n) is 8.47. The van der Waals surface area contributed by atoms with Crippen molar-refractivity contribution in [1.82, 2.24) is 5.43 Å². The standard InChI is InChI=1S/C21H17N3O2S/c1-27-16-10-8-14(9-11-16)12-22-23-19(25)13-24-18-7-3-5-15-4-2-6-17(20(15)18)21(24)26/h2-12H,13H2,1H3,(H,23,25)/b22-12+. The van der Waals surface area contributed by atoms with Gasteiger partial charge in [-0.2, -0.15) is 5.10 Å². The fourth-order valence-corrected chi connectivity index (χ4v) is 3.59. The molecule has 0 aliphatic carbocycles. The Morgan fingerprint density at radius 2 is 1.85 bits per heavy atom.